The molecule has 0 spiro atoms. The quantitative estimate of drug-likeness (QED) is 0.332. The molecule has 0 bridgehead atoms. The highest BCUT2D eigenvalue weighted by molar-refractivity contribution is 6.07. The number of carbonyl (C=O) groups is 2. The number of aromatic nitrogens is 2. The molecule has 0 atom stereocenters. The van der Waals surface area contributed by atoms with Crippen LogP contribution in [0.25, 0.3) is 33.3 Å². The zero-order chi connectivity index (χ0) is 23.8. The lowest BCUT2D eigenvalue weighted by molar-refractivity contribution is -0.130. The second-order valence-electron chi connectivity index (χ2n) is 7.91. The fourth-order valence-corrected chi connectivity index (χ4v) is 4.55. The molecule has 4 heterocycles. The number of aliphatic hydroxyl groups excluding tert-OH is 1. The van der Waals surface area contributed by atoms with Gasteiger partial charge < -0.3 is 28.9 Å². The number of nitrogens with zero attached hydrogens (tertiary/aromatic N) is 2. The number of rotatable bonds is 8. The van der Waals surface area contributed by atoms with Gasteiger partial charge in [-0.25, -0.2) is 4.98 Å². The minimum atomic E-state index is -0.632. The maximum atomic E-state index is 13.4. The third-order valence-corrected chi connectivity index (χ3v) is 6.05. The molecule has 0 saturated carbocycles. The number of hydrogen-bond acceptors (Lipinski definition) is 8. The van der Waals surface area contributed by atoms with Crippen molar-refractivity contribution < 1.29 is 28.6 Å². The standard InChI is InChI=1S/C24H21N3O7/c1-32-10-13-6-19-23-16(8-27(19)24(31)17(13)11-33-12-29)15(7-25-21(30)9-28)22-14-4-5-34-20(14)3-2-18(22)26-23/h2-6,12,28H,7-11H2,1H3,(H,25,30). The van der Waals surface area contributed by atoms with Gasteiger partial charge in [0.2, 0.25) is 5.91 Å². The van der Waals surface area contributed by atoms with Crippen LogP contribution >= 0.6 is 0 Å². The molecule has 5 rings (SSSR count). The molecule has 34 heavy (non-hydrogen) atoms. The Hall–Kier alpha value is -4.02. The Balaban J connectivity index is 1.76. The molecule has 2 N–H and O–H groups in total. The van der Waals surface area contributed by atoms with Crippen LogP contribution in [0.15, 0.2) is 39.7 Å². The molecule has 10 heteroatoms. The molecule has 0 unspecified atom stereocenters. The first-order valence-corrected chi connectivity index (χ1v) is 10.6. The van der Waals surface area contributed by atoms with Crippen LogP contribution in [-0.2, 0) is 45.4 Å². The Kier molecular flexibility index (Phi) is 5.60. The number of amides is 1. The van der Waals surface area contributed by atoms with Crippen molar-refractivity contribution in [3.8, 4) is 11.4 Å². The molecule has 1 aliphatic heterocycles. The van der Waals surface area contributed by atoms with Gasteiger partial charge in [0, 0.05) is 30.0 Å². The van der Waals surface area contributed by atoms with Crippen molar-refractivity contribution in [2.24, 2.45) is 0 Å². The number of furan rings is 1. The fraction of sp³-hybridized carbons (Fsp3) is 0.250. The molecule has 0 radical (unpaired) electrons. The normalized spacial score (nSPS) is 12.1. The first kappa shape index (κ1) is 21.8. The summed E-state index contributed by atoms with van der Waals surface area (Å²) in [6, 6.07) is 7.32. The SMILES string of the molecule is COCc1cc2n(c(=O)c1COC=O)Cc1c-2nc2ccc3occc3c2c1CNC(=O)CO. The van der Waals surface area contributed by atoms with Gasteiger partial charge in [0.05, 0.1) is 41.9 Å². The van der Waals surface area contributed by atoms with Crippen LogP contribution in [0.4, 0.5) is 0 Å². The largest absolute Gasteiger partial charge is 0.464 e. The van der Waals surface area contributed by atoms with Gasteiger partial charge in [-0.15, -0.1) is 0 Å². The Labute approximate surface area is 192 Å². The summed E-state index contributed by atoms with van der Waals surface area (Å²) in [7, 11) is 1.52. The van der Waals surface area contributed by atoms with Crippen LogP contribution in [0.3, 0.4) is 0 Å². The second kappa shape index (κ2) is 8.73. The Morgan fingerprint density at radius 3 is 2.91 bits per heavy atom. The number of ether oxygens (including phenoxy) is 2. The topological polar surface area (TPSA) is 133 Å². The minimum absolute atomic E-state index is 0.139. The number of methoxy groups -OCH3 is 1. The molecule has 1 aromatic carbocycles. The highest BCUT2D eigenvalue weighted by atomic mass is 16.5. The van der Waals surface area contributed by atoms with Crippen molar-refractivity contribution in [1.82, 2.24) is 14.9 Å². The van der Waals surface area contributed by atoms with Crippen molar-refractivity contribution in [3.05, 3.63) is 63.1 Å². The average molecular weight is 463 g/mol. The molecule has 0 fully saturated rings. The van der Waals surface area contributed by atoms with E-state index in [0.717, 1.165) is 21.9 Å². The van der Waals surface area contributed by atoms with E-state index in [1.54, 1.807) is 10.8 Å². The lowest BCUT2D eigenvalue weighted by Crippen LogP contribution is -2.27. The second-order valence-corrected chi connectivity index (χ2v) is 7.91. The number of aliphatic hydroxyl groups is 1. The third-order valence-electron chi connectivity index (χ3n) is 6.05. The van der Waals surface area contributed by atoms with Crippen LogP contribution in [0.2, 0.25) is 0 Å². The van der Waals surface area contributed by atoms with Crippen molar-refractivity contribution in [2.75, 3.05) is 13.7 Å². The summed E-state index contributed by atoms with van der Waals surface area (Å²) in [6.45, 7) is 0.0361. The number of carbonyl (C=O) groups excluding carboxylic acids is 2. The number of nitrogens with one attached hydrogen (secondary N) is 1. The summed E-state index contributed by atoms with van der Waals surface area (Å²) in [5.41, 5.74) is 4.82. The maximum absolute atomic E-state index is 13.4. The summed E-state index contributed by atoms with van der Waals surface area (Å²) in [5.74, 6) is -0.513. The molecule has 3 aromatic heterocycles. The van der Waals surface area contributed by atoms with Crippen LogP contribution in [0, 0.1) is 0 Å². The van der Waals surface area contributed by atoms with Gasteiger partial charge in [-0.1, -0.05) is 0 Å². The molecular weight excluding hydrogens is 442 g/mol. The van der Waals surface area contributed by atoms with Gasteiger partial charge in [0.25, 0.3) is 12.0 Å². The van der Waals surface area contributed by atoms with E-state index < -0.39 is 12.5 Å². The lowest BCUT2D eigenvalue weighted by Gasteiger charge is -2.13. The summed E-state index contributed by atoms with van der Waals surface area (Å²) in [4.78, 5) is 40.9. The lowest BCUT2D eigenvalue weighted by atomic mass is 9.98. The van der Waals surface area contributed by atoms with E-state index in [1.807, 2.05) is 24.3 Å². The molecular formula is C24H21N3O7. The zero-order valence-corrected chi connectivity index (χ0v) is 18.3. The van der Waals surface area contributed by atoms with E-state index >= 15 is 0 Å². The summed E-state index contributed by atoms with van der Waals surface area (Å²) >= 11 is 0. The maximum Gasteiger partial charge on any atom is 0.293 e. The minimum Gasteiger partial charge on any atom is -0.464 e. The van der Waals surface area contributed by atoms with Crippen LogP contribution in [0.5, 0.6) is 0 Å². The monoisotopic (exact) mass is 463 g/mol. The van der Waals surface area contributed by atoms with E-state index in [-0.39, 0.29) is 31.9 Å². The van der Waals surface area contributed by atoms with Gasteiger partial charge in [-0.05, 0) is 35.4 Å². The molecule has 0 saturated heterocycles. The predicted octanol–water partition coefficient (Wildman–Crippen LogP) is 1.60. The van der Waals surface area contributed by atoms with E-state index in [1.165, 1.54) is 7.11 Å². The van der Waals surface area contributed by atoms with E-state index in [9.17, 15) is 19.5 Å². The highest BCUT2D eigenvalue weighted by Crippen LogP contribution is 2.38. The summed E-state index contributed by atoms with van der Waals surface area (Å²) in [6.07, 6.45) is 1.59. The van der Waals surface area contributed by atoms with Crippen molar-refractivity contribution >= 4 is 34.3 Å². The van der Waals surface area contributed by atoms with Crippen molar-refractivity contribution in [2.45, 2.75) is 26.3 Å². The molecule has 1 aliphatic rings. The Morgan fingerprint density at radius 1 is 1.29 bits per heavy atom. The molecule has 1 amide bonds. The van der Waals surface area contributed by atoms with E-state index in [0.29, 0.717) is 40.1 Å². The predicted molar refractivity (Wildman–Crippen MR) is 121 cm³/mol. The van der Waals surface area contributed by atoms with Crippen LogP contribution in [-0.4, -0.2) is 40.8 Å². The first-order chi connectivity index (χ1) is 16.6. The number of hydrogen-bond donors (Lipinski definition) is 2. The summed E-state index contributed by atoms with van der Waals surface area (Å²) < 4.78 is 17.3. The van der Waals surface area contributed by atoms with Crippen molar-refractivity contribution in [1.29, 1.82) is 0 Å². The summed E-state index contributed by atoms with van der Waals surface area (Å²) in [5, 5.41) is 13.6. The molecule has 4 aromatic rings. The molecule has 174 valence electrons. The van der Waals surface area contributed by atoms with E-state index in [4.69, 9.17) is 18.9 Å². The van der Waals surface area contributed by atoms with Gasteiger partial charge in [-0.3, -0.25) is 14.4 Å². The zero-order valence-electron chi connectivity index (χ0n) is 18.3. The van der Waals surface area contributed by atoms with Gasteiger partial charge in [0.15, 0.2) is 0 Å². The third kappa shape index (κ3) is 3.44. The number of benzene rings is 1. The molecule has 10 nitrogen and oxygen atoms in total. The Morgan fingerprint density at radius 2 is 2.15 bits per heavy atom. The van der Waals surface area contributed by atoms with Crippen molar-refractivity contribution in [3.63, 3.8) is 0 Å². The first-order valence-electron chi connectivity index (χ1n) is 10.6. The number of pyridine rings is 2. The van der Waals surface area contributed by atoms with E-state index in [2.05, 4.69) is 5.32 Å². The average Bonchev–Trinajstić information content (AvgIpc) is 3.46. The van der Waals surface area contributed by atoms with Gasteiger partial charge >= 0.3 is 0 Å². The van der Waals surface area contributed by atoms with Crippen LogP contribution in [0.1, 0.15) is 22.3 Å². The van der Waals surface area contributed by atoms with Crippen LogP contribution < -0.4 is 10.9 Å². The Bertz CT molecular complexity index is 1500. The van der Waals surface area contributed by atoms with Gasteiger partial charge in [-0.2, -0.15) is 0 Å². The highest BCUT2D eigenvalue weighted by Gasteiger charge is 2.29. The smallest absolute Gasteiger partial charge is 0.293 e. The molecule has 0 aliphatic carbocycles. The number of fused-ring (bicyclic) bond motifs is 6. The van der Waals surface area contributed by atoms with Gasteiger partial charge in [0.1, 0.15) is 18.8 Å². The fourth-order valence-electron chi connectivity index (χ4n) is 4.55.